The number of carbonyl (C=O) groups is 4. The number of hydrogen-bond donors (Lipinski definition) is 0. The standard InChI is InChI=1S/C9H12N2O4Si/c1-16(10-6(12)2-3-7(10)13)11-8(14)4-5-9(11)15/h16H,2-5H2,1H3. The summed E-state index contributed by atoms with van der Waals surface area (Å²) in [7, 11) is -2.27. The van der Waals surface area contributed by atoms with Crippen LogP contribution in [0.25, 0.3) is 0 Å². The Bertz CT molecular complexity index is 327. The molecule has 0 atom stereocenters. The average Bonchev–Trinajstić information content (AvgIpc) is 2.71. The van der Waals surface area contributed by atoms with Gasteiger partial charge in [0.2, 0.25) is 23.6 Å². The second-order valence-corrected chi connectivity index (χ2v) is 6.24. The van der Waals surface area contributed by atoms with Gasteiger partial charge in [0.05, 0.1) is 0 Å². The zero-order valence-corrected chi connectivity index (χ0v) is 10.1. The molecule has 4 amide bonds. The van der Waals surface area contributed by atoms with Crippen LogP contribution in [0.15, 0.2) is 0 Å². The van der Waals surface area contributed by atoms with Crippen molar-refractivity contribution < 1.29 is 19.2 Å². The van der Waals surface area contributed by atoms with Crippen LogP contribution in [0.4, 0.5) is 0 Å². The molecule has 0 bridgehead atoms. The molecular weight excluding hydrogens is 228 g/mol. The van der Waals surface area contributed by atoms with E-state index in [1.807, 2.05) is 0 Å². The van der Waals surface area contributed by atoms with Crippen LogP contribution < -0.4 is 0 Å². The maximum absolute atomic E-state index is 11.5. The quantitative estimate of drug-likeness (QED) is 0.465. The lowest BCUT2D eigenvalue weighted by molar-refractivity contribution is -0.135. The van der Waals surface area contributed by atoms with Crippen LogP contribution in [-0.2, 0) is 19.2 Å². The fourth-order valence-electron chi connectivity index (χ4n) is 2.14. The topological polar surface area (TPSA) is 74.8 Å². The number of imide groups is 2. The van der Waals surface area contributed by atoms with Crippen molar-refractivity contribution in [3.05, 3.63) is 0 Å². The van der Waals surface area contributed by atoms with E-state index < -0.39 is 9.12 Å². The molecule has 0 aromatic heterocycles. The molecule has 0 aromatic carbocycles. The Balaban J connectivity index is 2.21. The zero-order chi connectivity index (χ0) is 11.9. The van der Waals surface area contributed by atoms with Crippen LogP contribution in [0.5, 0.6) is 0 Å². The van der Waals surface area contributed by atoms with Crippen molar-refractivity contribution in [2.45, 2.75) is 32.2 Å². The van der Waals surface area contributed by atoms with Gasteiger partial charge in [0.1, 0.15) is 0 Å². The molecule has 2 aliphatic heterocycles. The zero-order valence-electron chi connectivity index (χ0n) is 8.93. The predicted octanol–water partition coefficient (Wildman–Crippen LogP) is -0.865. The number of rotatable bonds is 2. The third kappa shape index (κ3) is 1.56. The predicted molar refractivity (Wildman–Crippen MR) is 55.2 cm³/mol. The van der Waals surface area contributed by atoms with Gasteiger partial charge in [-0.2, -0.15) is 0 Å². The van der Waals surface area contributed by atoms with Crippen LogP contribution in [0, 0.1) is 0 Å². The molecule has 0 spiro atoms. The van der Waals surface area contributed by atoms with Crippen molar-refractivity contribution in [2.75, 3.05) is 0 Å². The first-order valence-electron chi connectivity index (χ1n) is 5.22. The molecule has 0 aliphatic carbocycles. The van der Waals surface area contributed by atoms with Gasteiger partial charge in [-0.1, -0.05) is 0 Å². The molecule has 0 aromatic rings. The minimum Gasteiger partial charge on any atom is -0.294 e. The third-order valence-corrected chi connectivity index (χ3v) is 5.57. The van der Waals surface area contributed by atoms with Gasteiger partial charge in [-0.05, 0) is 6.55 Å². The van der Waals surface area contributed by atoms with Gasteiger partial charge in [-0.3, -0.25) is 28.3 Å². The fourth-order valence-corrected chi connectivity index (χ4v) is 4.55. The highest BCUT2D eigenvalue weighted by atomic mass is 28.3. The molecule has 2 saturated heterocycles. The first-order valence-corrected chi connectivity index (χ1v) is 7.41. The lowest BCUT2D eigenvalue weighted by Gasteiger charge is -2.27. The van der Waals surface area contributed by atoms with E-state index in [0.29, 0.717) is 0 Å². The fraction of sp³-hybridized carbons (Fsp3) is 0.556. The van der Waals surface area contributed by atoms with Gasteiger partial charge >= 0.3 is 0 Å². The molecule has 16 heavy (non-hydrogen) atoms. The molecule has 86 valence electrons. The first-order chi connectivity index (χ1) is 7.52. The van der Waals surface area contributed by atoms with E-state index in [4.69, 9.17) is 0 Å². The molecule has 6 nitrogen and oxygen atoms in total. The van der Waals surface area contributed by atoms with E-state index in [1.165, 1.54) is 0 Å². The molecule has 2 heterocycles. The summed E-state index contributed by atoms with van der Waals surface area (Å²) in [5.41, 5.74) is 0. The Morgan fingerprint density at radius 1 is 0.750 bits per heavy atom. The highest BCUT2D eigenvalue weighted by molar-refractivity contribution is 6.64. The summed E-state index contributed by atoms with van der Waals surface area (Å²) in [6.45, 7) is 1.67. The summed E-state index contributed by atoms with van der Waals surface area (Å²) in [5.74, 6) is -1.01. The van der Waals surface area contributed by atoms with Crippen molar-refractivity contribution >= 4 is 32.7 Å². The summed E-state index contributed by atoms with van der Waals surface area (Å²) in [6, 6.07) is 0. The second kappa shape index (κ2) is 3.82. The summed E-state index contributed by atoms with van der Waals surface area (Å²) in [5, 5.41) is 0. The van der Waals surface area contributed by atoms with E-state index in [1.54, 1.807) is 6.55 Å². The van der Waals surface area contributed by atoms with Crippen molar-refractivity contribution in [1.82, 2.24) is 9.13 Å². The SMILES string of the molecule is C[SiH](N1C(=O)CCC1=O)N1C(=O)CCC1=O. The van der Waals surface area contributed by atoms with Gasteiger partial charge in [-0.15, -0.1) is 0 Å². The largest absolute Gasteiger partial charge is 0.294 e. The minimum absolute atomic E-state index is 0.201. The molecule has 0 unspecified atom stereocenters. The molecule has 2 rings (SSSR count). The summed E-state index contributed by atoms with van der Waals surface area (Å²) in [4.78, 5) is 45.9. The molecule has 0 saturated carbocycles. The lowest BCUT2D eigenvalue weighted by atomic mass is 10.4. The van der Waals surface area contributed by atoms with Crippen molar-refractivity contribution in [2.24, 2.45) is 0 Å². The number of carbonyl (C=O) groups excluding carboxylic acids is 4. The maximum atomic E-state index is 11.5. The Kier molecular flexibility index (Phi) is 2.62. The summed E-state index contributed by atoms with van der Waals surface area (Å²) >= 11 is 0. The second-order valence-electron chi connectivity index (χ2n) is 3.95. The normalized spacial score (nSPS) is 21.9. The number of nitrogens with zero attached hydrogens (tertiary/aromatic N) is 2. The molecule has 0 N–H and O–H groups in total. The third-order valence-electron chi connectivity index (χ3n) is 2.93. The van der Waals surface area contributed by atoms with Crippen molar-refractivity contribution in [3.8, 4) is 0 Å². The van der Waals surface area contributed by atoms with E-state index in [-0.39, 0.29) is 49.3 Å². The average molecular weight is 240 g/mol. The molecule has 0 radical (unpaired) electrons. The van der Waals surface area contributed by atoms with Gasteiger partial charge in [0.25, 0.3) is 9.12 Å². The van der Waals surface area contributed by atoms with Gasteiger partial charge < -0.3 is 0 Å². The van der Waals surface area contributed by atoms with Crippen molar-refractivity contribution in [1.29, 1.82) is 0 Å². The van der Waals surface area contributed by atoms with Gasteiger partial charge in [0, 0.05) is 25.7 Å². The summed E-state index contributed by atoms with van der Waals surface area (Å²) in [6.07, 6.45) is 0.803. The van der Waals surface area contributed by atoms with Crippen LogP contribution in [0.1, 0.15) is 25.7 Å². The first kappa shape index (κ1) is 11.0. The van der Waals surface area contributed by atoms with Crippen LogP contribution in [0.2, 0.25) is 6.55 Å². The minimum atomic E-state index is -2.27. The van der Waals surface area contributed by atoms with Crippen LogP contribution in [0.3, 0.4) is 0 Å². The highest BCUT2D eigenvalue weighted by Gasteiger charge is 2.42. The van der Waals surface area contributed by atoms with E-state index >= 15 is 0 Å². The molecular formula is C9H12N2O4Si. The molecule has 2 aliphatic rings. The van der Waals surface area contributed by atoms with E-state index in [2.05, 4.69) is 0 Å². The van der Waals surface area contributed by atoms with Gasteiger partial charge in [0.15, 0.2) is 0 Å². The smallest absolute Gasteiger partial charge is 0.265 e. The molecule has 7 heteroatoms. The van der Waals surface area contributed by atoms with E-state index in [0.717, 1.165) is 9.13 Å². The van der Waals surface area contributed by atoms with E-state index in [9.17, 15) is 19.2 Å². The number of hydrogen-bond acceptors (Lipinski definition) is 4. The van der Waals surface area contributed by atoms with Crippen molar-refractivity contribution in [3.63, 3.8) is 0 Å². The Labute approximate surface area is 94.0 Å². The monoisotopic (exact) mass is 240 g/mol. The molecule has 2 fully saturated rings. The van der Waals surface area contributed by atoms with Crippen LogP contribution in [-0.4, -0.2) is 41.9 Å². The number of amides is 4. The van der Waals surface area contributed by atoms with Crippen LogP contribution >= 0.6 is 0 Å². The summed E-state index contributed by atoms with van der Waals surface area (Å²) < 4.78 is 2.31. The highest BCUT2D eigenvalue weighted by Crippen LogP contribution is 2.20. The Morgan fingerprint density at radius 2 is 1.00 bits per heavy atom. The van der Waals surface area contributed by atoms with Gasteiger partial charge in [-0.25, -0.2) is 0 Å². The lowest BCUT2D eigenvalue weighted by Crippen LogP contribution is -2.54. The maximum Gasteiger partial charge on any atom is 0.265 e. The Morgan fingerprint density at radius 3 is 1.25 bits per heavy atom. The Hall–Kier alpha value is -1.50.